The highest BCUT2D eigenvalue weighted by Gasteiger charge is 2.30. The topological polar surface area (TPSA) is 12.9 Å². The normalized spacial score (nSPS) is 10.4. The van der Waals surface area contributed by atoms with Crippen molar-refractivity contribution in [2.24, 2.45) is 0 Å². The van der Waals surface area contributed by atoms with Crippen molar-refractivity contribution in [3.8, 4) is 0 Å². The molecule has 0 fully saturated rings. The van der Waals surface area contributed by atoms with Gasteiger partial charge >= 0.3 is 0 Å². The van der Waals surface area contributed by atoms with Gasteiger partial charge in [-0.2, -0.15) is 8.78 Å². The van der Waals surface area contributed by atoms with Gasteiger partial charge in [0.1, 0.15) is 5.69 Å². The zero-order valence-corrected chi connectivity index (χ0v) is 9.14. The van der Waals surface area contributed by atoms with E-state index in [4.69, 9.17) is 0 Å². The Balaban J connectivity index is 0.000000791. The summed E-state index contributed by atoms with van der Waals surface area (Å²) in [6, 6.07) is 4.66. The number of nitrogens with zero attached hydrogens (tertiary/aromatic N) is 1. The van der Waals surface area contributed by atoms with Crippen LogP contribution in [0.25, 0.3) is 0 Å². The lowest BCUT2D eigenvalue weighted by Gasteiger charge is -2.12. The molecule has 0 bridgehead atoms. The van der Waals surface area contributed by atoms with E-state index >= 15 is 0 Å². The predicted molar refractivity (Wildman–Crippen MR) is 54.5 cm³/mol. The SMILES string of the molecule is CC.CCC(F)(F)c1cccc(C)n1. The zero-order valence-electron chi connectivity index (χ0n) is 9.14. The maximum Gasteiger partial charge on any atom is 0.289 e. The average molecular weight is 201 g/mol. The Bertz CT molecular complexity index is 272. The van der Waals surface area contributed by atoms with Gasteiger partial charge in [0.15, 0.2) is 0 Å². The molecule has 0 aliphatic heterocycles. The third-order valence-electron chi connectivity index (χ3n) is 1.71. The number of aromatic nitrogens is 1. The van der Waals surface area contributed by atoms with Crippen molar-refractivity contribution in [1.29, 1.82) is 0 Å². The van der Waals surface area contributed by atoms with E-state index in [9.17, 15) is 8.78 Å². The molecule has 1 rings (SSSR count). The number of alkyl halides is 2. The quantitative estimate of drug-likeness (QED) is 0.706. The summed E-state index contributed by atoms with van der Waals surface area (Å²) < 4.78 is 26.0. The van der Waals surface area contributed by atoms with Gasteiger partial charge in [-0.3, -0.25) is 4.98 Å². The molecule has 0 N–H and O–H groups in total. The molecule has 80 valence electrons. The van der Waals surface area contributed by atoms with Crippen LogP contribution in [0.4, 0.5) is 8.78 Å². The molecule has 0 radical (unpaired) electrons. The molecule has 0 spiro atoms. The van der Waals surface area contributed by atoms with E-state index in [0.29, 0.717) is 5.69 Å². The van der Waals surface area contributed by atoms with Crippen molar-refractivity contribution in [3.63, 3.8) is 0 Å². The molecule has 0 amide bonds. The van der Waals surface area contributed by atoms with Crippen LogP contribution in [0.15, 0.2) is 18.2 Å². The van der Waals surface area contributed by atoms with Gasteiger partial charge in [-0.1, -0.05) is 26.8 Å². The van der Waals surface area contributed by atoms with Gasteiger partial charge in [0.2, 0.25) is 0 Å². The number of hydrogen-bond donors (Lipinski definition) is 0. The molecule has 1 nitrogen and oxygen atoms in total. The van der Waals surface area contributed by atoms with Crippen molar-refractivity contribution in [3.05, 3.63) is 29.6 Å². The first-order valence-corrected chi connectivity index (χ1v) is 4.88. The molecule has 3 heteroatoms. The van der Waals surface area contributed by atoms with Crippen LogP contribution in [0.3, 0.4) is 0 Å². The fourth-order valence-corrected chi connectivity index (χ4v) is 0.928. The van der Waals surface area contributed by atoms with Crippen LogP contribution in [-0.2, 0) is 5.92 Å². The lowest BCUT2D eigenvalue weighted by Crippen LogP contribution is -2.13. The summed E-state index contributed by atoms with van der Waals surface area (Å²) in [4.78, 5) is 3.77. The maximum absolute atomic E-state index is 13.0. The average Bonchev–Trinajstić information content (AvgIpc) is 2.21. The first-order valence-electron chi connectivity index (χ1n) is 4.88. The molecule has 1 aromatic heterocycles. The predicted octanol–water partition coefficient (Wildman–Crippen LogP) is 3.92. The van der Waals surface area contributed by atoms with E-state index in [1.807, 2.05) is 13.8 Å². The van der Waals surface area contributed by atoms with Crippen LogP contribution >= 0.6 is 0 Å². The summed E-state index contributed by atoms with van der Waals surface area (Å²) in [5.74, 6) is -2.79. The van der Waals surface area contributed by atoms with E-state index in [-0.39, 0.29) is 12.1 Å². The number of halogens is 2. The van der Waals surface area contributed by atoms with Crippen LogP contribution < -0.4 is 0 Å². The van der Waals surface area contributed by atoms with Crippen molar-refractivity contribution < 1.29 is 8.78 Å². The largest absolute Gasteiger partial charge is 0.289 e. The third kappa shape index (κ3) is 3.40. The molecule has 0 aromatic carbocycles. The number of rotatable bonds is 2. The monoisotopic (exact) mass is 201 g/mol. The van der Waals surface area contributed by atoms with Gasteiger partial charge < -0.3 is 0 Å². The molecule has 1 heterocycles. The first kappa shape index (κ1) is 13.0. The maximum atomic E-state index is 13.0. The molecule has 0 saturated carbocycles. The second-order valence-electron chi connectivity index (χ2n) is 2.72. The minimum absolute atomic E-state index is 0.134. The number of pyridine rings is 1. The minimum Gasteiger partial charge on any atom is -0.252 e. The molecular formula is C11H17F2N. The van der Waals surface area contributed by atoms with E-state index < -0.39 is 5.92 Å². The van der Waals surface area contributed by atoms with E-state index in [0.717, 1.165) is 0 Å². The molecule has 1 aromatic rings. The Labute approximate surface area is 84.2 Å². The highest BCUT2D eigenvalue weighted by molar-refractivity contribution is 5.14. The zero-order chi connectivity index (χ0) is 11.2. The Morgan fingerprint density at radius 3 is 2.29 bits per heavy atom. The summed E-state index contributed by atoms with van der Waals surface area (Å²) in [5, 5.41) is 0. The van der Waals surface area contributed by atoms with E-state index in [1.165, 1.54) is 13.0 Å². The van der Waals surface area contributed by atoms with Crippen molar-refractivity contribution in [1.82, 2.24) is 4.98 Å². The van der Waals surface area contributed by atoms with Crippen LogP contribution in [0.5, 0.6) is 0 Å². The second-order valence-corrected chi connectivity index (χ2v) is 2.72. The molecule has 0 aliphatic carbocycles. The highest BCUT2D eigenvalue weighted by atomic mass is 19.3. The van der Waals surface area contributed by atoms with Crippen molar-refractivity contribution in [2.75, 3.05) is 0 Å². The lowest BCUT2D eigenvalue weighted by atomic mass is 10.1. The van der Waals surface area contributed by atoms with Gasteiger partial charge in [-0.25, -0.2) is 0 Å². The third-order valence-corrected chi connectivity index (χ3v) is 1.71. The standard InChI is InChI=1S/C9H11F2N.C2H6/c1-3-9(10,11)8-6-4-5-7(2)12-8;1-2/h4-6H,3H2,1-2H3;1-2H3. The molecule has 0 atom stereocenters. The highest BCUT2D eigenvalue weighted by Crippen LogP contribution is 2.29. The van der Waals surface area contributed by atoms with Gasteiger partial charge in [0.25, 0.3) is 5.92 Å². The summed E-state index contributed by atoms with van der Waals surface area (Å²) in [6.45, 7) is 7.15. The molecular weight excluding hydrogens is 184 g/mol. The number of aryl methyl sites for hydroxylation is 1. The Kier molecular flexibility index (Phi) is 5.28. The molecule has 0 saturated heterocycles. The molecule has 14 heavy (non-hydrogen) atoms. The van der Waals surface area contributed by atoms with Crippen LogP contribution in [-0.4, -0.2) is 4.98 Å². The Hall–Kier alpha value is -0.990. The van der Waals surface area contributed by atoms with Crippen LogP contribution in [0, 0.1) is 6.92 Å². The van der Waals surface area contributed by atoms with Gasteiger partial charge in [-0.15, -0.1) is 0 Å². The first-order chi connectivity index (χ1) is 6.56. The fraction of sp³-hybridized carbons (Fsp3) is 0.545. The van der Waals surface area contributed by atoms with Crippen LogP contribution in [0.2, 0.25) is 0 Å². The van der Waals surface area contributed by atoms with Gasteiger partial charge in [0, 0.05) is 12.1 Å². The Morgan fingerprint density at radius 1 is 1.29 bits per heavy atom. The summed E-state index contributed by atoms with van der Waals surface area (Å²) in [7, 11) is 0. The van der Waals surface area contributed by atoms with Crippen LogP contribution in [0.1, 0.15) is 38.6 Å². The molecule has 0 aliphatic rings. The smallest absolute Gasteiger partial charge is 0.252 e. The lowest BCUT2D eigenvalue weighted by molar-refractivity contribution is -0.0129. The fourth-order valence-electron chi connectivity index (χ4n) is 0.928. The van der Waals surface area contributed by atoms with Gasteiger partial charge in [0.05, 0.1) is 0 Å². The van der Waals surface area contributed by atoms with E-state index in [2.05, 4.69) is 4.98 Å². The minimum atomic E-state index is -2.79. The summed E-state index contributed by atoms with van der Waals surface area (Å²) in [5.41, 5.74) is 0.491. The van der Waals surface area contributed by atoms with Crippen molar-refractivity contribution in [2.45, 2.75) is 40.0 Å². The van der Waals surface area contributed by atoms with Gasteiger partial charge in [-0.05, 0) is 19.1 Å². The summed E-state index contributed by atoms with van der Waals surface area (Å²) in [6.07, 6.45) is -0.205. The van der Waals surface area contributed by atoms with E-state index in [1.54, 1.807) is 19.1 Å². The number of hydrogen-bond acceptors (Lipinski definition) is 1. The molecule has 0 unspecified atom stereocenters. The van der Waals surface area contributed by atoms with Crippen molar-refractivity contribution >= 4 is 0 Å². The Morgan fingerprint density at radius 2 is 1.86 bits per heavy atom. The summed E-state index contributed by atoms with van der Waals surface area (Å²) >= 11 is 0. The second kappa shape index (κ2) is 5.68.